The maximum absolute atomic E-state index is 13.2. The molecule has 2 N–H and O–H groups in total. The largest absolute Gasteiger partial charge is 0.497 e. The van der Waals surface area contributed by atoms with Gasteiger partial charge in [0.25, 0.3) is 11.8 Å². The molecule has 0 bridgehead atoms. The lowest BCUT2D eigenvalue weighted by atomic mass is 9.82. The highest BCUT2D eigenvalue weighted by atomic mass is 16.5. The second-order valence-electron chi connectivity index (χ2n) is 8.14. The van der Waals surface area contributed by atoms with E-state index in [-0.39, 0.29) is 11.8 Å². The molecule has 3 aromatic carbocycles. The number of benzene rings is 3. The van der Waals surface area contributed by atoms with Crippen molar-refractivity contribution in [1.82, 2.24) is 5.32 Å². The van der Waals surface area contributed by atoms with Crippen LogP contribution in [0.1, 0.15) is 39.1 Å². The summed E-state index contributed by atoms with van der Waals surface area (Å²) in [6, 6.07) is 21.5. The fraction of sp³-hybridized carbons (Fsp3) is 0.259. The van der Waals surface area contributed by atoms with E-state index in [1.54, 1.807) is 62.8 Å². The van der Waals surface area contributed by atoms with E-state index in [1.165, 1.54) is 0 Å². The molecule has 1 aliphatic heterocycles. The van der Waals surface area contributed by atoms with Crippen molar-refractivity contribution in [3.8, 4) is 11.5 Å². The van der Waals surface area contributed by atoms with Crippen LogP contribution in [0.4, 0.5) is 5.69 Å². The topological polar surface area (TPSA) is 85.9 Å². The van der Waals surface area contributed by atoms with E-state index in [0.29, 0.717) is 48.6 Å². The lowest BCUT2D eigenvalue weighted by Gasteiger charge is -2.38. The van der Waals surface area contributed by atoms with Gasteiger partial charge in [-0.05, 0) is 79.1 Å². The van der Waals surface area contributed by atoms with E-state index in [0.717, 1.165) is 11.3 Å². The molecule has 7 nitrogen and oxygen atoms in total. The number of anilines is 1. The van der Waals surface area contributed by atoms with Gasteiger partial charge in [-0.3, -0.25) is 9.59 Å². The van der Waals surface area contributed by atoms with Gasteiger partial charge in [0.15, 0.2) is 0 Å². The van der Waals surface area contributed by atoms with Crippen molar-refractivity contribution in [3.05, 3.63) is 89.5 Å². The van der Waals surface area contributed by atoms with Crippen LogP contribution in [0.15, 0.2) is 72.8 Å². The van der Waals surface area contributed by atoms with Crippen LogP contribution in [-0.4, -0.2) is 39.2 Å². The summed E-state index contributed by atoms with van der Waals surface area (Å²) < 4.78 is 15.9. The molecule has 0 radical (unpaired) electrons. The minimum absolute atomic E-state index is 0.175. The van der Waals surface area contributed by atoms with Gasteiger partial charge in [-0.15, -0.1) is 0 Å². The quantitative estimate of drug-likeness (QED) is 0.546. The fourth-order valence-corrected chi connectivity index (χ4v) is 4.06. The number of carbonyl (C=O) groups is 2. The highest BCUT2D eigenvalue weighted by Gasteiger charge is 2.36. The minimum atomic E-state index is -0.511. The highest BCUT2D eigenvalue weighted by Crippen LogP contribution is 2.33. The normalized spacial score (nSPS) is 14.6. The molecular formula is C27H28N2O5. The van der Waals surface area contributed by atoms with Crippen LogP contribution in [0.3, 0.4) is 0 Å². The first kappa shape index (κ1) is 23.3. The van der Waals surface area contributed by atoms with Crippen molar-refractivity contribution >= 4 is 17.5 Å². The minimum Gasteiger partial charge on any atom is -0.497 e. The first-order valence-electron chi connectivity index (χ1n) is 11.1. The van der Waals surface area contributed by atoms with Crippen LogP contribution in [0.5, 0.6) is 11.5 Å². The summed E-state index contributed by atoms with van der Waals surface area (Å²) in [5.41, 5.74) is 2.15. The van der Waals surface area contributed by atoms with Gasteiger partial charge in [-0.2, -0.15) is 0 Å². The van der Waals surface area contributed by atoms with Crippen molar-refractivity contribution in [2.75, 3.05) is 32.8 Å². The average molecular weight is 461 g/mol. The van der Waals surface area contributed by atoms with Crippen molar-refractivity contribution in [3.63, 3.8) is 0 Å². The van der Waals surface area contributed by atoms with Crippen molar-refractivity contribution < 1.29 is 23.8 Å². The molecule has 2 amide bonds. The number of nitrogens with one attached hydrogen (secondary N) is 2. The molecule has 7 heteroatoms. The number of carbonyl (C=O) groups excluding carboxylic acids is 2. The number of hydrogen-bond donors (Lipinski definition) is 2. The zero-order valence-electron chi connectivity index (χ0n) is 19.3. The molecule has 0 spiro atoms. The van der Waals surface area contributed by atoms with E-state index >= 15 is 0 Å². The third-order valence-electron chi connectivity index (χ3n) is 6.10. The molecule has 1 aliphatic rings. The zero-order valence-corrected chi connectivity index (χ0v) is 19.3. The Morgan fingerprint density at radius 2 is 1.24 bits per heavy atom. The molecule has 1 fully saturated rings. The molecule has 1 saturated heterocycles. The summed E-state index contributed by atoms with van der Waals surface area (Å²) in [7, 11) is 3.21. The summed E-state index contributed by atoms with van der Waals surface area (Å²) in [6.07, 6.45) is 1.36. The van der Waals surface area contributed by atoms with Crippen molar-refractivity contribution in [1.29, 1.82) is 0 Å². The van der Waals surface area contributed by atoms with Gasteiger partial charge in [0.1, 0.15) is 11.5 Å². The first-order valence-corrected chi connectivity index (χ1v) is 11.1. The Kier molecular flexibility index (Phi) is 7.13. The van der Waals surface area contributed by atoms with Crippen molar-refractivity contribution in [2.45, 2.75) is 18.4 Å². The third kappa shape index (κ3) is 5.21. The summed E-state index contributed by atoms with van der Waals surface area (Å²) in [5.74, 6) is 1.04. The second-order valence-corrected chi connectivity index (χ2v) is 8.14. The summed E-state index contributed by atoms with van der Waals surface area (Å²) >= 11 is 0. The van der Waals surface area contributed by atoms with Gasteiger partial charge in [-0.25, -0.2) is 0 Å². The second kappa shape index (κ2) is 10.4. The smallest absolute Gasteiger partial charge is 0.255 e. The van der Waals surface area contributed by atoms with Gasteiger partial charge in [0.2, 0.25) is 0 Å². The van der Waals surface area contributed by atoms with Crippen LogP contribution in [0.2, 0.25) is 0 Å². The molecule has 4 rings (SSSR count). The van der Waals surface area contributed by atoms with E-state index in [1.807, 2.05) is 24.3 Å². The molecule has 0 saturated carbocycles. The Bertz CT molecular complexity index is 1120. The molecule has 3 aromatic rings. The Labute approximate surface area is 199 Å². The summed E-state index contributed by atoms with van der Waals surface area (Å²) in [4.78, 5) is 25.6. The Balaban J connectivity index is 1.45. The number of rotatable bonds is 7. The Hall–Kier alpha value is -3.84. The molecule has 0 aliphatic carbocycles. The maximum Gasteiger partial charge on any atom is 0.255 e. The van der Waals surface area contributed by atoms with Crippen LogP contribution in [0, 0.1) is 0 Å². The standard InChI is InChI=1S/C27H28N2O5/c1-32-23-11-5-19(6-12-23)25(30)28-22-9-3-20(4-10-22)26(31)29-27(15-17-34-18-16-27)21-7-13-24(33-2)14-8-21/h3-14H,15-18H2,1-2H3,(H,28,30)(H,29,31). The lowest BCUT2D eigenvalue weighted by molar-refractivity contribution is 0.0345. The molecule has 0 aromatic heterocycles. The van der Waals surface area contributed by atoms with E-state index in [2.05, 4.69) is 10.6 Å². The molecular weight excluding hydrogens is 432 g/mol. The Morgan fingerprint density at radius 3 is 1.79 bits per heavy atom. The van der Waals surface area contributed by atoms with E-state index in [9.17, 15) is 9.59 Å². The molecule has 1 heterocycles. The maximum atomic E-state index is 13.2. The number of amides is 2. The van der Waals surface area contributed by atoms with E-state index < -0.39 is 5.54 Å². The predicted molar refractivity (Wildman–Crippen MR) is 130 cm³/mol. The monoisotopic (exact) mass is 460 g/mol. The number of methoxy groups -OCH3 is 2. The SMILES string of the molecule is COc1ccc(C(=O)Nc2ccc(C(=O)NC3(c4ccc(OC)cc4)CCOCC3)cc2)cc1. The first-order chi connectivity index (χ1) is 16.5. The van der Waals surface area contributed by atoms with Crippen molar-refractivity contribution in [2.24, 2.45) is 0 Å². The predicted octanol–water partition coefficient (Wildman–Crippen LogP) is 4.39. The third-order valence-corrected chi connectivity index (χ3v) is 6.10. The lowest BCUT2D eigenvalue weighted by Crippen LogP contribution is -2.49. The van der Waals surface area contributed by atoms with Crippen LogP contribution in [0.25, 0.3) is 0 Å². The van der Waals surface area contributed by atoms with E-state index in [4.69, 9.17) is 14.2 Å². The molecule has 34 heavy (non-hydrogen) atoms. The highest BCUT2D eigenvalue weighted by molar-refractivity contribution is 6.04. The summed E-state index contributed by atoms with van der Waals surface area (Å²) in [5, 5.41) is 6.09. The molecule has 0 unspecified atom stereocenters. The summed E-state index contributed by atoms with van der Waals surface area (Å²) in [6.45, 7) is 1.14. The molecule has 0 atom stereocenters. The fourth-order valence-electron chi connectivity index (χ4n) is 4.06. The van der Waals surface area contributed by atoms with Crippen LogP contribution < -0.4 is 20.1 Å². The van der Waals surface area contributed by atoms with Gasteiger partial charge < -0.3 is 24.8 Å². The number of ether oxygens (including phenoxy) is 3. The van der Waals surface area contributed by atoms with Gasteiger partial charge >= 0.3 is 0 Å². The van der Waals surface area contributed by atoms with Crippen LogP contribution in [-0.2, 0) is 10.3 Å². The number of hydrogen-bond acceptors (Lipinski definition) is 5. The van der Waals surface area contributed by atoms with Gasteiger partial charge in [-0.1, -0.05) is 12.1 Å². The Morgan fingerprint density at radius 1 is 0.735 bits per heavy atom. The zero-order chi connectivity index (χ0) is 24.0. The van der Waals surface area contributed by atoms with Gasteiger partial charge in [0.05, 0.1) is 19.8 Å². The van der Waals surface area contributed by atoms with Crippen LogP contribution >= 0.6 is 0 Å². The molecule has 176 valence electrons. The average Bonchev–Trinajstić information content (AvgIpc) is 2.89. The van der Waals surface area contributed by atoms with Gasteiger partial charge in [0, 0.05) is 30.0 Å².